The van der Waals surface area contributed by atoms with Crippen molar-refractivity contribution >= 4 is 0 Å². The number of hydrogen-bond donors (Lipinski definition) is 3. The van der Waals surface area contributed by atoms with Crippen molar-refractivity contribution < 1.29 is 5.11 Å². The molecule has 4 unspecified atom stereocenters. The maximum absolute atomic E-state index is 10.5. The van der Waals surface area contributed by atoms with Gasteiger partial charge in [0.05, 0.1) is 6.10 Å². The molecule has 5 heteroatoms. The van der Waals surface area contributed by atoms with Gasteiger partial charge in [0.15, 0.2) is 0 Å². The Bertz CT molecular complexity index is 164. The molecule has 0 aliphatic carbocycles. The van der Waals surface area contributed by atoms with Crippen molar-refractivity contribution in [1.82, 2.24) is 0 Å². The molecule has 0 saturated heterocycles. The van der Waals surface area contributed by atoms with Crippen molar-refractivity contribution in [1.29, 1.82) is 0 Å². The summed E-state index contributed by atoms with van der Waals surface area (Å²) in [6.45, 7) is 3.67. The summed E-state index contributed by atoms with van der Waals surface area (Å²) in [7, 11) is 0. The summed E-state index contributed by atoms with van der Waals surface area (Å²) in [5, 5.41) is 12.3. The first-order valence-corrected chi connectivity index (χ1v) is 5.02. The monoisotopic (exact) mass is 203 g/mol. The van der Waals surface area contributed by atoms with E-state index >= 15 is 0 Å². The molecule has 14 heavy (non-hydrogen) atoms. The highest BCUT2D eigenvalue weighted by molar-refractivity contribution is 4.83. The van der Waals surface area contributed by atoms with Crippen LogP contribution < -0.4 is 11.5 Å². The van der Waals surface area contributed by atoms with Crippen molar-refractivity contribution in [2.75, 3.05) is 0 Å². The van der Waals surface area contributed by atoms with Gasteiger partial charge in [0, 0.05) is 12.1 Å². The summed E-state index contributed by atoms with van der Waals surface area (Å²) in [5.74, 6) is 0. The molecule has 0 heterocycles. The Morgan fingerprint density at radius 3 is 2.29 bits per heavy atom. The Balaban J connectivity index is 4.03. The van der Waals surface area contributed by atoms with Crippen LogP contribution in [0.5, 0.6) is 0 Å². The summed E-state index contributed by atoms with van der Waals surface area (Å²) in [6, 6.07) is -0.979. The number of nitrogens with zero attached hydrogens (tertiary/aromatic N) is 1. The molecule has 5 nitrogen and oxygen atoms in total. The van der Waals surface area contributed by atoms with Gasteiger partial charge < -0.3 is 16.6 Å². The maximum atomic E-state index is 10.5. The quantitative estimate of drug-likeness (QED) is 0.519. The lowest BCUT2D eigenvalue weighted by atomic mass is 9.97. The van der Waals surface area contributed by atoms with Crippen molar-refractivity contribution in [2.24, 2.45) is 16.6 Å². The van der Waals surface area contributed by atoms with Crippen LogP contribution in [0.25, 0.3) is 0 Å². The first-order valence-electron chi connectivity index (χ1n) is 5.02. The SMILES string of the molecule is CCC(O)CC(N)C(CC(C)N)N=O. The van der Waals surface area contributed by atoms with Gasteiger partial charge in [0.2, 0.25) is 0 Å². The molecule has 0 rings (SSSR count). The molecule has 0 aliphatic rings. The highest BCUT2D eigenvalue weighted by atomic mass is 16.3. The van der Waals surface area contributed by atoms with Crippen LogP contribution in [-0.4, -0.2) is 29.3 Å². The zero-order valence-corrected chi connectivity index (χ0v) is 8.89. The van der Waals surface area contributed by atoms with Crippen molar-refractivity contribution in [3.05, 3.63) is 4.91 Å². The van der Waals surface area contributed by atoms with E-state index < -0.39 is 18.2 Å². The first-order chi connectivity index (χ1) is 6.51. The average molecular weight is 203 g/mol. The van der Waals surface area contributed by atoms with Crippen LogP contribution in [0, 0.1) is 4.91 Å². The van der Waals surface area contributed by atoms with Gasteiger partial charge >= 0.3 is 0 Å². The van der Waals surface area contributed by atoms with Gasteiger partial charge in [-0.2, -0.15) is 4.91 Å². The second kappa shape index (κ2) is 6.86. The Morgan fingerprint density at radius 2 is 1.93 bits per heavy atom. The molecule has 5 N–H and O–H groups in total. The number of hydrogen-bond acceptors (Lipinski definition) is 5. The maximum Gasteiger partial charge on any atom is 0.108 e. The van der Waals surface area contributed by atoms with Crippen molar-refractivity contribution in [2.45, 2.75) is 57.3 Å². The van der Waals surface area contributed by atoms with Crippen LogP contribution in [0.3, 0.4) is 0 Å². The molecule has 0 amide bonds. The summed E-state index contributed by atoms with van der Waals surface area (Å²) in [5.41, 5.74) is 11.3. The van der Waals surface area contributed by atoms with Gasteiger partial charge in [-0.1, -0.05) is 12.1 Å². The number of aliphatic hydroxyl groups is 1. The van der Waals surface area contributed by atoms with Gasteiger partial charge in [-0.3, -0.25) is 0 Å². The molecule has 0 aromatic rings. The molecule has 0 spiro atoms. The summed E-state index contributed by atoms with van der Waals surface area (Å²) >= 11 is 0. The Morgan fingerprint density at radius 1 is 1.36 bits per heavy atom. The largest absolute Gasteiger partial charge is 0.393 e. The number of nitrogens with two attached hydrogens (primary N) is 2. The van der Waals surface area contributed by atoms with E-state index in [4.69, 9.17) is 11.5 Å². The first kappa shape index (κ1) is 13.5. The fourth-order valence-corrected chi connectivity index (χ4v) is 1.31. The molecule has 0 fully saturated rings. The molecular weight excluding hydrogens is 182 g/mol. The van der Waals surface area contributed by atoms with Gasteiger partial charge in [-0.15, -0.1) is 0 Å². The zero-order valence-electron chi connectivity index (χ0n) is 8.89. The number of nitroso groups, excluding NO2 is 1. The molecule has 0 aromatic heterocycles. The highest BCUT2D eigenvalue weighted by Crippen LogP contribution is 2.11. The molecule has 84 valence electrons. The normalized spacial score (nSPS) is 19.8. The van der Waals surface area contributed by atoms with E-state index in [9.17, 15) is 10.0 Å². The van der Waals surface area contributed by atoms with E-state index in [1.165, 1.54) is 0 Å². The number of rotatable bonds is 7. The van der Waals surface area contributed by atoms with Crippen LogP contribution in [-0.2, 0) is 0 Å². The van der Waals surface area contributed by atoms with Crippen LogP contribution in [0.4, 0.5) is 0 Å². The lowest BCUT2D eigenvalue weighted by molar-refractivity contribution is 0.146. The van der Waals surface area contributed by atoms with E-state index in [0.717, 1.165) is 0 Å². The van der Waals surface area contributed by atoms with Gasteiger partial charge in [0.25, 0.3) is 0 Å². The fraction of sp³-hybridized carbons (Fsp3) is 1.00. The van der Waals surface area contributed by atoms with E-state index in [2.05, 4.69) is 5.18 Å². The minimum Gasteiger partial charge on any atom is -0.393 e. The van der Waals surface area contributed by atoms with Crippen LogP contribution in [0.2, 0.25) is 0 Å². The molecule has 0 aliphatic heterocycles. The average Bonchev–Trinajstić information content (AvgIpc) is 2.13. The second-order valence-electron chi connectivity index (χ2n) is 3.85. The Labute approximate surface area is 84.8 Å². The minimum atomic E-state index is -0.490. The third-order valence-corrected chi connectivity index (χ3v) is 2.26. The van der Waals surface area contributed by atoms with E-state index in [-0.39, 0.29) is 6.04 Å². The topological polar surface area (TPSA) is 102 Å². The molecule has 0 bridgehead atoms. The third-order valence-electron chi connectivity index (χ3n) is 2.26. The Hall–Kier alpha value is -0.520. The Kier molecular flexibility index (Phi) is 6.61. The fourth-order valence-electron chi connectivity index (χ4n) is 1.31. The standard InChI is InChI=1S/C9H21N3O2/c1-3-7(13)5-8(11)9(12-14)4-6(2)10/h6-9,13H,3-5,10-11H2,1-2H3. The number of aliphatic hydroxyl groups excluding tert-OH is 1. The lowest BCUT2D eigenvalue weighted by Crippen LogP contribution is -2.39. The van der Waals surface area contributed by atoms with Crippen molar-refractivity contribution in [3.63, 3.8) is 0 Å². The van der Waals surface area contributed by atoms with Crippen LogP contribution in [0.1, 0.15) is 33.1 Å². The van der Waals surface area contributed by atoms with Gasteiger partial charge in [-0.25, -0.2) is 0 Å². The smallest absolute Gasteiger partial charge is 0.108 e. The predicted octanol–water partition coefficient (Wildman–Crippen LogP) is 0.347. The minimum absolute atomic E-state index is 0.0949. The van der Waals surface area contributed by atoms with Crippen LogP contribution in [0.15, 0.2) is 5.18 Å². The van der Waals surface area contributed by atoms with E-state index in [1.54, 1.807) is 6.92 Å². The second-order valence-corrected chi connectivity index (χ2v) is 3.85. The summed E-state index contributed by atoms with van der Waals surface area (Å²) in [4.78, 5) is 10.5. The van der Waals surface area contributed by atoms with E-state index in [0.29, 0.717) is 19.3 Å². The summed E-state index contributed by atoms with van der Waals surface area (Å²) in [6.07, 6.45) is 1.06. The van der Waals surface area contributed by atoms with Gasteiger partial charge in [-0.05, 0) is 26.2 Å². The van der Waals surface area contributed by atoms with Crippen molar-refractivity contribution in [3.8, 4) is 0 Å². The van der Waals surface area contributed by atoms with E-state index in [1.807, 2.05) is 6.92 Å². The summed E-state index contributed by atoms with van der Waals surface area (Å²) < 4.78 is 0. The van der Waals surface area contributed by atoms with Gasteiger partial charge in [0.1, 0.15) is 6.04 Å². The molecule has 0 saturated carbocycles. The highest BCUT2D eigenvalue weighted by Gasteiger charge is 2.21. The third kappa shape index (κ3) is 5.26. The molecule has 0 aromatic carbocycles. The molecule has 0 radical (unpaired) electrons. The predicted molar refractivity (Wildman–Crippen MR) is 56.7 cm³/mol. The molecule has 4 atom stereocenters. The molecular formula is C9H21N3O2. The van der Waals surface area contributed by atoms with Crippen LogP contribution >= 0.6 is 0 Å². The zero-order chi connectivity index (χ0) is 11.1. The lowest BCUT2D eigenvalue weighted by Gasteiger charge is -2.21.